The molecule has 7 nitrogen and oxygen atoms in total. The molecule has 0 spiro atoms. The van der Waals surface area contributed by atoms with Crippen molar-refractivity contribution in [3.63, 3.8) is 0 Å². The first-order valence-electron chi connectivity index (χ1n) is 11.6. The van der Waals surface area contributed by atoms with E-state index in [1.165, 1.54) is 30.3 Å². The number of benzene rings is 4. The Hall–Kier alpha value is -3.85. The third-order valence-electron chi connectivity index (χ3n) is 5.89. The molecule has 0 radical (unpaired) electrons. The minimum atomic E-state index is -4.08. The molecule has 0 saturated carbocycles. The maximum absolute atomic E-state index is 13.0. The lowest BCUT2D eigenvalue weighted by molar-refractivity contribution is 0.0954. The number of anilines is 1. The van der Waals surface area contributed by atoms with E-state index in [0.29, 0.717) is 28.6 Å². The number of carbonyl (C=O) groups is 1. The molecule has 4 aromatic rings. The van der Waals surface area contributed by atoms with Gasteiger partial charge in [-0.15, -0.1) is 0 Å². The first kappa shape index (κ1) is 25.8. The van der Waals surface area contributed by atoms with Gasteiger partial charge in [0.05, 0.1) is 10.7 Å². The zero-order chi connectivity index (χ0) is 26.7. The van der Waals surface area contributed by atoms with Crippen molar-refractivity contribution in [2.75, 3.05) is 4.72 Å². The van der Waals surface area contributed by atoms with Gasteiger partial charge in [-0.05, 0) is 60.2 Å². The van der Waals surface area contributed by atoms with Crippen molar-refractivity contribution in [1.29, 1.82) is 0 Å². The molecule has 4 aromatic carbocycles. The van der Waals surface area contributed by atoms with Gasteiger partial charge in [0.15, 0.2) is 0 Å². The van der Waals surface area contributed by atoms with Crippen LogP contribution >= 0.6 is 23.2 Å². The number of sulfonamides is 1. The molecule has 1 heterocycles. The topological polar surface area (TPSA) is 96.9 Å². The summed E-state index contributed by atoms with van der Waals surface area (Å²) in [7, 11) is -4.08. The Morgan fingerprint density at radius 2 is 1.61 bits per heavy atom. The number of para-hydroxylation sites is 1. The molecule has 0 unspecified atom stereocenters. The van der Waals surface area contributed by atoms with Gasteiger partial charge in [-0.1, -0.05) is 65.7 Å². The number of halogens is 2. The summed E-state index contributed by atoms with van der Waals surface area (Å²) in [6.07, 6.45) is 0.167. The lowest BCUT2D eigenvalue weighted by Gasteiger charge is -2.27. The molecule has 1 aliphatic rings. The van der Waals surface area contributed by atoms with Crippen molar-refractivity contribution in [3.05, 3.63) is 124 Å². The summed E-state index contributed by atoms with van der Waals surface area (Å²) in [4.78, 5) is 12.8. The Labute approximate surface area is 230 Å². The first-order chi connectivity index (χ1) is 18.3. The maximum Gasteiger partial charge on any atom is 0.271 e. The summed E-state index contributed by atoms with van der Waals surface area (Å²) >= 11 is 12.1. The highest BCUT2D eigenvalue weighted by Gasteiger charge is 2.26. The number of amides is 1. The molecular weight excluding hydrogens is 545 g/mol. The molecule has 2 N–H and O–H groups in total. The summed E-state index contributed by atoms with van der Waals surface area (Å²) in [5.74, 6) is 0.0751. The molecule has 1 atom stereocenters. The number of hydrazone groups is 1. The van der Waals surface area contributed by atoms with Gasteiger partial charge < -0.3 is 4.74 Å². The average Bonchev–Trinajstić information content (AvgIpc) is 2.93. The van der Waals surface area contributed by atoms with Crippen LogP contribution in [0.5, 0.6) is 5.75 Å². The SMILES string of the molecule is O=C(N/N=C1\C[C@H](c2ccccc2)Oc2ccccc21)c1ccc(Cl)c(S(=O)(=O)Nc2ccc(Cl)cc2)c1. The van der Waals surface area contributed by atoms with E-state index < -0.39 is 15.9 Å². The minimum Gasteiger partial charge on any atom is -0.485 e. The lowest BCUT2D eigenvalue weighted by atomic mass is 9.96. The molecule has 0 aromatic heterocycles. The van der Waals surface area contributed by atoms with Crippen molar-refractivity contribution in [2.45, 2.75) is 17.4 Å². The van der Waals surface area contributed by atoms with Crippen LogP contribution in [0.3, 0.4) is 0 Å². The zero-order valence-corrected chi connectivity index (χ0v) is 22.1. The highest BCUT2D eigenvalue weighted by molar-refractivity contribution is 7.92. The summed E-state index contributed by atoms with van der Waals surface area (Å²) < 4.78 is 34.6. The van der Waals surface area contributed by atoms with Crippen molar-refractivity contribution in [2.24, 2.45) is 5.10 Å². The fourth-order valence-electron chi connectivity index (χ4n) is 4.01. The number of hydrogen-bond acceptors (Lipinski definition) is 5. The van der Waals surface area contributed by atoms with Gasteiger partial charge in [0.1, 0.15) is 16.7 Å². The van der Waals surface area contributed by atoms with Crippen LogP contribution in [0.2, 0.25) is 10.0 Å². The number of carbonyl (C=O) groups excluding carboxylic acids is 1. The van der Waals surface area contributed by atoms with E-state index in [2.05, 4.69) is 15.2 Å². The molecule has 192 valence electrons. The normalized spacial score (nSPS) is 15.8. The number of nitrogens with one attached hydrogen (secondary N) is 2. The molecule has 0 saturated heterocycles. The fourth-order valence-corrected chi connectivity index (χ4v) is 5.72. The molecule has 5 rings (SSSR count). The van der Waals surface area contributed by atoms with Gasteiger partial charge in [0.25, 0.3) is 15.9 Å². The highest BCUT2D eigenvalue weighted by Crippen LogP contribution is 2.35. The second-order valence-corrected chi connectivity index (χ2v) is 11.0. The second-order valence-electron chi connectivity index (χ2n) is 8.47. The van der Waals surface area contributed by atoms with Crippen molar-refractivity contribution < 1.29 is 17.9 Å². The Bertz CT molecular complexity index is 1630. The molecule has 1 amide bonds. The fraction of sp³-hybridized carbons (Fsp3) is 0.0714. The van der Waals surface area contributed by atoms with E-state index in [4.69, 9.17) is 27.9 Å². The van der Waals surface area contributed by atoms with Crippen LogP contribution < -0.4 is 14.9 Å². The maximum atomic E-state index is 13.0. The van der Waals surface area contributed by atoms with Crippen molar-refractivity contribution in [1.82, 2.24) is 5.43 Å². The second kappa shape index (κ2) is 10.9. The third-order valence-corrected chi connectivity index (χ3v) is 8.00. The van der Waals surface area contributed by atoms with Crippen LogP contribution in [0, 0.1) is 0 Å². The average molecular weight is 566 g/mol. The monoisotopic (exact) mass is 565 g/mol. The van der Waals surface area contributed by atoms with Gasteiger partial charge in [-0.2, -0.15) is 5.10 Å². The predicted molar refractivity (Wildman–Crippen MR) is 149 cm³/mol. The summed E-state index contributed by atoms with van der Waals surface area (Å²) in [5, 5.41) is 4.83. The number of hydrogen-bond donors (Lipinski definition) is 2. The van der Waals surface area contributed by atoms with E-state index in [0.717, 1.165) is 11.1 Å². The van der Waals surface area contributed by atoms with E-state index in [9.17, 15) is 13.2 Å². The minimum absolute atomic E-state index is 0.0293. The van der Waals surface area contributed by atoms with Gasteiger partial charge in [-0.3, -0.25) is 9.52 Å². The van der Waals surface area contributed by atoms with Crippen LogP contribution in [-0.4, -0.2) is 20.0 Å². The number of rotatable bonds is 6. The van der Waals surface area contributed by atoms with Crippen LogP contribution in [0.1, 0.15) is 34.0 Å². The molecule has 38 heavy (non-hydrogen) atoms. The van der Waals surface area contributed by atoms with Gasteiger partial charge >= 0.3 is 0 Å². The van der Waals surface area contributed by atoms with E-state index >= 15 is 0 Å². The van der Waals surface area contributed by atoms with Crippen molar-refractivity contribution in [3.8, 4) is 5.75 Å². The third kappa shape index (κ3) is 5.67. The molecular formula is C28H21Cl2N3O4S. The number of fused-ring (bicyclic) bond motifs is 1. The molecule has 1 aliphatic heterocycles. The number of ether oxygens (including phenoxy) is 1. The van der Waals surface area contributed by atoms with E-state index in [1.807, 2.05) is 54.6 Å². The van der Waals surface area contributed by atoms with E-state index in [-0.39, 0.29) is 21.6 Å². The van der Waals surface area contributed by atoms with Crippen LogP contribution in [0.4, 0.5) is 5.69 Å². The molecule has 10 heteroatoms. The lowest BCUT2D eigenvalue weighted by Crippen LogP contribution is -2.25. The van der Waals surface area contributed by atoms with Crippen LogP contribution in [0.15, 0.2) is 107 Å². The standard InChI is InChI=1S/C28H21Cl2N3O4S/c29-20-11-13-21(14-12-20)33-38(35,36)27-16-19(10-15-23(27)30)28(34)32-31-24-17-26(18-6-2-1-3-7-18)37-25-9-5-4-8-22(24)25/h1-16,26,33H,17H2,(H,32,34)/b31-24+/t26-/m1/s1. The van der Waals surface area contributed by atoms with Gasteiger partial charge in [0, 0.05) is 28.3 Å². The number of nitrogens with zero attached hydrogens (tertiary/aromatic N) is 1. The highest BCUT2D eigenvalue weighted by atomic mass is 35.5. The molecule has 0 bridgehead atoms. The predicted octanol–water partition coefficient (Wildman–Crippen LogP) is 6.45. The Morgan fingerprint density at radius 1 is 0.895 bits per heavy atom. The van der Waals surface area contributed by atoms with Crippen molar-refractivity contribution >= 4 is 50.5 Å². The molecule has 0 aliphatic carbocycles. The van der Waals surface area contributed by atoms with Crippen LogP contribution in [0.25, 0.3) is 0 Å². The Morgan fingerprint density at radius 3 is 2.37 bits per heavy atom. The van der Waals surface area contributed by atoms with Crippen LogP contribution in [-0.2, 0) is 10.0 Å². The van der Waals surface area contributed by atoms with Gasteiger partial charge in [-0.25, -0.2) is 13.8 Å². The van der Waals surface area contributed by atoms with E-state index in [1.54, 1.807) is 12.1 Å². The Kier molecular flexibility index (Phi) is 7.37. The molecule has 0 fully saturated rings. The summed E-state index contributed by atoms with van der Waals surface area (Å²) in [5.41, 5.74) is 5.34. The largest absolute Gasteiger partial charge is 0.485 e. The van der Waals surface area contributed by atoms with Gasteiger partial charge in [0.2, 0.25) is 0 Å². The summed E-state index contributed by atoms with van der Waals surface area (Å²) in [6, 6.07) is 27.4. The summed E-state index contributed by atoms with van der Waals surface area (Å²) in [6.45, 7) is 0. The smallest absolute Gasteiger partial charge is 0.271 e. The first-order valence-corrected chi connectivity index (χ1v) is 13.8. The zero-order valence-electron chi connectivity index (χ0n) is 19.8. The Balaban J connectivity index is 1.39. The quantitative estimate of drug-likeness (QED) is 0.262.